The largest absolute Gasteiger partial charge is 0.468 e. The molecule has 4 heteroatoms. The van der Waals surface area contributed by atoms with E-state index in [1.54, 1.807) is 0 Å². The van der Waals surface area contributed by atoms with Crippen molar-refractivity contribution in [2.75, 3.05) is 26.7 Å². The Morgan fingerprint density at radius 1 is 1.47 bits per heavy atom. The Bertz CT molecular complexity index is 183. The van der Waals surface area contributed by atoms with Crippen molar-refractivity contribution in [2.45, 2.75) is 33.2 Å². The lowest BCUT2D eigenvalue weighted by atomic mass is 10.1. The van der Waals surface area contributed by atoms with Gasteiger partial charge in [-0.05, 0) is 18.9 Å². The van der Waals surface area contributed by atoms with Crippen molar-refractivity contribution in [1.29, 1.82) is 0 Å². The van der Waals surface area contributed by atoms with E-state index in [1.807, 2.05) is 0 Å². The van der Waals surface area contributed by atoms with Crippen LogP contribution in [0, 0.1) is 5.92 Å². The van der Waals surface area contributed by atoms with Gasteiger partial charge in [0.25, 0.3) is 0 Å². The second-order valence-corrected chi connectivity index (χ2v) is 4.21. The maximum atomic E-state index is 11.1. The molecule has 0 aromatic carbocycles. The van der Waals surface area contributed by atoms with Crippen molar-refractivity contribution in [2.24, 2.45) is 11.7 Å². The van der Waals surface area contributed by atoms with Gasteiger partial charge in [0.1, 0.15) is 6.04 Å². The molecule has 0 rings (SSSR count). The standard InChI is InChI=1S/C11H24N2O2/c1-5-13(8-9(2)3)7-6-10(12)11(14)15-4/h9-10H,5-8,12H2,1-4H3. The highest BCUT2D eigenvalue weighted by molar-refractivity contribution is 5.75. The van der Waals surface area contributed by atoms with Crippen molar-refractivity contribution in [3.8, 4) is 0 Å². The fourth-order valence-electron chi connectivity index (χ4n) is 1.49. The Balaban J connectivity index is 3.84. The van der Waals surface area contributed by atoms with Crippen molar-refractivity contribution in [3.05, 3.63) is 0 Å². The zero-order chi connectivity index (χ0) is 11.8. The zero-order valence-corrected chi connectivity index (χ0v) is 10.3. The van der Waals surface area contributed by atoms with Crippen LogP contribution in [-0.4, -0.2) is 43.7 Å². The molecule has 0 fully saturated rings. The summed E-state index contributed by atoms with van der Waals surface area (Å²) in [5, 5.41) is 0. The SMILES string of the molecule is CCN(CCC(N)C(=O)OC)CC(C)C. The second kappa shape index (κ2) is 7.65. The van der Waals surface area contributed by atoms with E-state index in [2.05, 4.69) is 30.4 Å². The summed E-state index contributed by atoms with van der Waals surface area (Å²) in [6.45, 7) is 9.37. The van der Waals surface area contributed by atoms with Crippen LogP contribution in [0.1, 0.15) is 27.2 Å². The van der Waals surface area contributed by atoms with Crippen LogP contribution in [0.2, 0.25) is 0 Å². The highest BCUT2D eigenvalue weighted by atomic mass is 16.5. The molecule has 0 bridgehead atoms. The topological polar surface area (TPSA) is 55.6 Å². The molecule has 15 heavy (non-hydrogen) atoms. The quantitative estimate of drug-likeness (QED) is 0.641. The number of nitrogens with zero attached hydrogens (tertiary/aromatic N) is 1. The third-order valence-corrected chi connectivity index (χ3v) is 2.33. The molecule has 0 aromatic heterocycles. The first kappa shape index (κ1) is 14.4. The molecule has 90 valence electrons. The van der Waals surface area contributed by atoms with Gasteiger partial charge >= 0.3 is 5.97 Å². The summed E-state index contributed by atoms with van der Waals surface area (Å²) in [6.07, 6.45) is 0.660. The Hall–Kier alpha value is -0.610. The molecule has 0 amide bonds. The summed E-state index contributed by atoms with van der Waals surface area (Å²) in [4.78, 5) is 13.4. The van der Waals surface area contributed by atoms with Crippen molar-refractivity contribution < 1.29 is 9.53 Å². The van der Waals surface area contributed by atoms with E-state index >= 15 is 0 Å². The van der Waals surface area contributed by atoms with E-state index in [1.165, 1.54) is 7.11 Å². The number of rotatable bonds is 7. The number of carbonyl (C=O) groups is 1. The number of methoxy groups -OCH3 is 1. The maximum Gasteiger partial charge on any atom is 0.322 e. The molecule has 0 aromatic rings. The number of nitrogens with two attached hydrogens (primary N) is 1. The van der Waals surface area contributed by atoms with Gasteiger partial charge in [-0.3, -0.25) is 4.79 Å². The normalized spacial score (nSPS) is 13.3. The molecule has 0 aliphatic carbocycles. The predicted molar refractivity (Wildman–Crippen MR) is 61.6 cm³/mol. The van der Waals surface area contributed by atoms with Crippen LogP contribution in [0.3, 0.4) is 0 Å². The third-order valence-electron chi connectivity index (χ3n) is 2.33. The van der Waals surface area contributed by atoms with Gasteiger partial charge in [0, 0.05) is 13.1 Å². The lowest BCUT2D eigenvalue weighted by Gasteiger charge is -2.23. The highest BCUT2D eigenvalue weighted by Gasteiger charge is 2.15. The van der Waals surface area contributed by atoms with Crippen LogP contribution < -0.4 is 5.73 Å². The molecule has 4 nitrogen and oxygen atoms in total. The van der Waals surface area contributed by atoms with E-state index in [0.717, 1.165) is 19.6 Å². The Morgan fingerprint density at radius 2 is 2.07 bits per heavy atom. The molecular formula is C11H24N2O2. The molecule has 0 aliphatic heterocycles. The summed E-state index contributed by atoms with van der Waals surface area (Å²) in [5.41, 5.74) is 5.66. The predicted octanol–water partition coefficient (Wildman–Crippen LogP) is 0.855. The monoisotopic (exact) mass is 216 g/mol. The summed E-state index contributed by atoms with van der Waals surface area (Å²) in [6, 6.07) is -0.490. The molecule has 1 unspecified atom stereocenters. The van der Waals surface area contributed by atoms with Gasteiger partial charge in [0.05, 0.1) is 7.11 Å². The smallest absolute Gasteiger partial charge is 0.322 e. The van der Waals surface area contributed by atoms with Gasteiger partial charge in [0.15, 0.2) is 0 Å². The average molecular weight is 216 g/mol. The molecule has 0 heterocycles. The molecule has 0 saturated heterocycles. The fourth-order valence-corrected chi connectivity index (χ4v) is 1.49. The van der Waals surface area contributed by atoms with E-state index < -0.39 is 6.04 Å². The Morgan fingerprint density at radius 3 is 2.47 bits per heavy atom. The number of esters is 1. The molecule has 2 N–H and O–H groups in total. The number of hydrogen-bond donors (Lipinski definition) is 1. The van der Waals surface area contributed by atoms with Gasteiger partial charge in [0.2, 0.25) is 0 Å². The van der Waals surface area contributed by atoms with Crippen molar-refractivity contribution in [3.63, 3.8) is 0 Å². The first-order valence-corrected chi connectivity index (χ1v) is 5.57. The molecule has 0 radical (unpaired) electrons. The zero-order valence-electron chi connectivity index (χ0n) is 10.3. The first-order chi connectivity index (χ1) is 7.01. The van der Waals surface area contributed by atoms with Gasteiger partial charge in [-0.25, -0.2) is 0 Å². The maximum absolute atomic E-state index is 11.1. The van der Waals surface area contributed by atoms with Gasteiger partial charge in [-0.1, -0.05) is 20.8 Å². The molecule has 1 atom stereocenters. The summed E-state index contributed by atoms with van der Waals surface area (Å²) < 4.78 is 4.58. The fraction of sp³-hybridized carbons (Fsp3) is 0.909. The van der Waals surface area contributed by atoms with Crippen molar-refractivity contribution >= 4 is 5.97 Å². The first-order valence-electron chi connectivity index (χ1n) is 5.57. The average Bonchev–Trinajstić information content (AvgIpc) is 2.21. The van der Waals surface area contributed by atoms with E-state index in [-0.39, 0.29) is 5.97 Å². The summed E-state index contributed by atoms with van der Waals surface area (Å²) in [5.74, 6) is 0.315. The molecular weight excluding hydrogens is 192 g/mol. The van der Waals surface area contributed by atoms with Gasteiger partial charge < -0.3 is 15.4 Å². The minimum absolute atomic E-state index is 0.324. The van der Waals surface area contributed by atoms with Crippen LogP contribution in [0.15, 0.2) is 0 Å². The number of ether oxygens (including phenoxy) is 1. The van der Waals surface area contributed by atoms with E-state index in [0.29, 0.717) is 12.3 Å². The second-order valence-electron chi connectivity index (χ2n) is 4.21. The van der Waals surface area contributed by atoms with E-state index in [4.69, 9.17) is 5.73 Å². The molecule has 0 saturated carbocycles. The number of hydrogen-bond acceptors (Lipinski definition) is 4. The summed E-state index contributed by atoms with van der Waals surface area (Å²) in [7, 11) is 1.37. The van der Waals surface area contributed by atoms with Crippen LogP contribution in [0.25, 0.3) is 0 Å². The minimum atomic E-state index is -0.490. The lowest BCUT2D eigenvalue weighted by Crippen LogP contribution is -2.37. The Kier molecular flexibility index (Phi) is 7.34. The van der Waals surface area contributed by atoms with E-state index in [9.17, 15) is 4.79 Å². The van der Waals surface area contributed by atoms with Crippen molar-refractivity contribution in [1.82, 2.24) is 4.90 Å². The van der Waals surface area contributed by atoms with Crippen LogP contribution in [-0.2, 0) is 9.53 Å². The summed E-state index contributed by atoms with van der Waals surface area (Å²) >= 11 is 0. The van der Waals surface area contributed by atoms with Gasteiger partial charge in [-0.2, -0.15) is 0 Å². The van der Waals surface area contributed by atoms with Crippen LogP contribution in [0.4, 0.5) is 0 Å². The van der Waals surface area contributed by atoms with Gasteiger partial charge in [-0.15, -0.1) is 0 Å². The van der Waals surface area contributed by atoms with Crippen LogP contribution >= 0.6 is 0 Å². The number of carbonyl (C=O) groups excluding carboxylic acids is 1. The Labute approximate surface area is 92.8 Å². The third kappa shape index (κ3) is 6.47. The minimum Gasteiger partial charge on any atom is -0.468 e. The lowest BCUT2D eigenvalue weighted by molar-refractivity contribution is -0.142. The highest BCUT2D eigenvalue weighted by Crippen LogP contribution is 2.01. The van der Waals surface area contributed by atoms with Crippen LogP contribution in [0.5, 0.6) is 0 Å². The molecule has 0 aliphatic rings. The molecule has 0 spiro atoms.